The van der Waals surface area contributed by atoms with Gasteiger partial charge in [-0.2, -0.15) is 31.4 Å². The molecule has 2 aliphatic heterocycles. The fourth-order valence-electron chi connectivity index (χ4n) is 5.75. The number of H-pyrrole nitrogens is 1. The van der Waals surface area contributed by atoms with Crippen LogP contribution in [-0.4, -0.2) is 83.4 Å². The summed E-state index contributed by atoms with van der Waals surface area (Å²) < 4.78 is 86.0. The van der Waals surface area contributed by atoms with Crippen LogP contribution in [0.25, 0.3) is 0 Å². The molecule has 0 bridgehead atoms. The van der Waals surface area contributed by atoms with Gasteiger partial charge in [0.1, 0.15) is 11.6 Å². The quantitative estimate of drug-likeness (QED) is 0.216. The monoisotopic (exact) mass is 675 g/mol. The molecule has 2 N–H and O–H groups in total. The Hall–Kier alpha value is -3.89. The molecule has 0 saturated carbocycles. The lowest BCUT2D eigenvalue weighted by Gasteiger charge is -2.47. The third-order valence-electron chi connectivity index (χ3n) is 8.13. The summed E-state index contributed by atoms with van der Waals surface area (Å²) in [4.78, 5) is 47.1. The maximum absolute atomic E-state index is 13.7. The summed E-state index contributed by atoms with van der Waals surface area (Å²) >= 11 is 0. The maximum atomic E-state index is 13.7. The number of anilines is 3. The highest BCUT2D eigenvalue weighted by atomic mass is 19.4. The van der Waals surface area contributed by atoms with E-state index in [1.54, 1.807) is 10.00 Å². The molecular weight excluding hydrogens is 636 g/mol. The summed E-state index contributed by atoms with van der Waals surface area (Å²) in [6.07, 6.45) is -2.40. The van der Waals surface area contributed by atoms with Crippen LogP contribution >= 0.6 is 0 Å². The minimum absolute atomic E-state index is 0.0144. The van der Waals surface area contributed by atoms with Crippen LogP contribution in [0.1, 0.15) is 69.9 Å². The van der Waals surface area contributed by atoms with Crippen molar-refractivity contribution in [1.82, 2.24) is 20.1 Å². The van der Waals surface area contributed by atoms with Crippen molar-refractivity contribution < 1.29 is 40.7 Å². The van der Waals surface area contributed by atoms with Crippen LogP contribution in [0.5, 0.6) is 0 Å². The van der Waals surface area contributed by atoms with Crippen LogP contribution < -0.4 is 20.7 Å². The van der Waals surface area contributed by atoms with Crippen molar-refractivity contribution in [2.75, 3.05) is 54.5 Å². The molecule has 0 radical (unpaired) electrons. The van der Waals surface area contributed by atoms with E-state index < -0.39 is 52.7 Å². The number of hydrogen-bond donors (Lipinski definition) is 2. The van der Waals surface area contributed by atoms with Gasteiger partial charge in [0.2, 0.25) is 5.91 Å². The number of hydrogen-bond acceptors (Lipinski definition) is 8. The van der Waals surface area contributed by atoms with Gasteiger partial charge >= 0.3 is 12.4 Å². The highest BCUT2D eigenvalue weighted by Gasteiger charge is 2.44. The standard InChI is InChI=1S/C30H39F6N7O4/c1-3-4-5-6-7-8-10-43-22-14-20(29(31,32)33)15-37-26(22)42-12-11-41(17-23(42)28(43)46)24(44)9-13-47-18-19(2)39-21-16-38-40-27(45)25(21)30(34,35)36/h14-16,19,23H,3-13,17-18H2,1-2H3,(H2,39,40,45)/t19-,23+/m0/s1. The molecule has 0 spiro atoms. The summed E-state index contributed by atoms with van der Waals surface area (Å²) in [5, 5.41) is 7.72. The van der Waals surface area contributed by atoms with E-state index in [0.717, 1.165) is 50.6 Å². The Labute approximate surface area is 267 Å². The van der Waals surface area contributed by atoms with E-state index in [1.807, 2.05) is 0 Å². The van der Waals surface area contributed by atoms with Gasteiger partial charge in [0.25, 0.3) is 11.5 Å². The maximum Gasteiger partial charge on any atom is 0.423 e. The van der Waals surface area contributed by atoms with Gasteiger partial charge in [-0.1, -0.05) is 39.0 Å². The molecule has 4 heterocycles. The number of carbonyl (C=O) groups excluding carboxylic acids is 2. The van der Waals surface area contributed by atoms with Crippen LogP contribution in [0.15, 0.2) is 23.3 Å². The van der Waals surface area contributed by atoms with Gasteiger partial charge in [0, 0.05) is 31.9 Å². The number of fused-ring (bicyclic) bond motifs is 3. The topological polar surface area (TPSA) is 124 Å². The number of pyridine rings is 1. The van der Waals surface area contributed by atoms with Crippen LogP contribution in [0.3, 0.4) is 0 Å². The lowest BCUT2D eigenvalue weighted by atomic mass is 10.0. The predicted octanol–water partition coefficient (Wildman–Crippen LogP) is 4.83. The molecule has 1 saturated heterocycles. The molecule has 2 aliphatic rings. The van der Waals surface area contributed by atoms with Crippen LogP contribution in [0.2, 0.25) is 0 Å². The summed E-state index contributed by atoms with van der Waals surface area (Å²) in [5.74, 6) is -0.437. The summed E-state index contributed by atoms with van der Waals surface area (Å²) in [6, 6.07) is -0.518. The first-order valence-electron chi connectivity index (χ1n) is 15.6. The molecule has 260 valence electrons. The van der Waals surface area contributed by atoms with Gasteiger partial charge in [-0.25, -0.2) is 10.1 Å². The number of aromatic nitrogens is 3. The SMILES string of the molecule is CCCCCCCCN1C(=O)[C@H]2CN(C(=O)CCOC[C@H](C)Nc3cn[nH]c(=O)c3C(F)(F)F)CCN2c2ncc(C(F)(F)F)cc21. The molecule has 0 aliphatic carbocycles. The Morgan fingerprint density at radius 1 is 1.06 bits per heavy atom. The van der Waals surface area contributed by atoms with Gasteiger partial charge in [0.15, 0.2) is 5.82 Å². The first kappa shape index (κ1) is 36.0. The normalized spacial score (nSPS) is 17.4. The molecule has 47 heavy (non-hydrogen) atoms. The number of unbranched alkanes of at least 4 members (excludes halogenated alkanes) is 5. The minimum Gasteiger partial charge on any atom is -0.379 e. The molecule has 1 fully saturated rings. The highest BCUT2D eigenvalue weighted by Crippen LogP contribution is 2.40. The second-order valence-corrected chi connectivity index (χ2v) is 11.7. The van der Waals surface area contributed by atoms with Gasteiger partial charge in [-0.3, -0.25) is 14.4 Å². The predicted molar refractivity (Wildman–Crippen MR) is 161 cm³/mol. The van der Waals surface area contributed by atoms with Crippen LogP contribution in [-0.2, 0) is 26.7 Å². The van der Waals surface area contributed by atoms with Gasteiger partial charge in [0.05, 0.1) is 49.3 Å². The lowest BCUT2D eigenvalue weighted by molar-refractivity contribution is -0.138. The number of nitrogens with one attached hydrogen (secondary N) is 2. The Bertz CT molecular complexity index is 1450. The van der Waals surface area contributed by atoms with Crippen molar-refractivity contribution in [3.8, 4) is 0 Å². The van der Waals surface area contributed by atoms with Crippen molar-refractivity contribution in [2.45, 2.75) is 83.2 Å². The number of amides is 2. The average molecular weight is 676 g/mol. The minimum atomic E-state index is -4.90. The third-order valence-corrected chi connectivity index (χ3v) is 8.13. The van der Waals surface area contributed by atoms with Crippen molar-refractivity contribution in [1.29, 1.82) is 0 Å². The van der Waals surface area contributed by atoms with E-state index in [-0.39, 0.29) is 63.2 Å². The first-order chi connectivity index (χ1) is 22.2. The number of ether oxygens (including phenoxy) is 1. The molecule has 11 nitrogen and oxygen atoms in total. The zero-order valence-corrected chi connectivity index (χ0v) is 26.2. The van der Waals surface area contributed by atoms with Crippen LogP contribution in [0.4, 0.5) is 43.5 Å². The van der Waals surface area contributed by atoms with Gasteiger partial charge < -0.3 is 24.8 Å². The first-order valence-corrected chi connectivity index (χ1v) is 15.6. The van der Waals surface area contributed by atoms with Gasteiger partial charge in [-0.05, 0) is 19.4 Å². The van der Waals surface area contributed by atoms with E-state index in [0.29, 0.717) is 6.42 Å². The fraction of sp³-hybridized carbons (Fsp3) is 0.633. The zero-order valence-electron chi connectivity index (χ0n) is 26.2. The summed E-state index contributed by atoms with van der Waals surface area (Å²) in [6.45, 7) is 4.13. The molecule has 4 rings (SSSR count). The Balaban J connectivity index is 1.35. The van der Waals surface area contributed by atoms with Crippen molar-refractivity contribution in [3.05, 3.63) is 39.9 Å². The Morgan fingerprint density at radius 2 is 1.79 bits per heavy atom. The van der Waals surface area contributed by atoms with Crippen LogP contribution in [0, 0.1) is 0 Å². The van der Waals surface area contributed by atoms with E-state index >= 15 is 0 Å². The average Bonchev–Trinajstić information content (AvgIpc) is 3.00. The third kappa shape index (κ3) is 8.93. The number of aromatic amines is 1. The van der Waals surface area contributed by atoms with Crippen molar-refractivity contribution in [3.63, 3.8) is 0 Å². The number of rotatable bonds is 14. The molecule has 0 unspecified atom stereocenters. The number of piperazine rings is 1. The molecule has 2 aromatic heterocycles. The molecule has 2 atom stereocenters. The summed E-state index contributed by atoms with van der Waals surface area (Å²) in [7, 11) is 0. The fourth-order valence-corrected chi connectivity index (χ4v) is 5.75. The molecular formula is C30H39F6N7O4. The number of alkyl halides is 6. The lowest BCUT2D eigenvalue weighted by Crippen LogP contribution is -2.64. The number of carbonyl (C=O) groups is 2. The van der Waals surface area contributed by atoms with Crippen molar-refractivity contribution >= 4 is 29.0 Å². The van der Waals surface area contributed by atoms with E-state index in [2.05, 4.69) is 22.3 Å². The second-order valence-electron chi connectivity index (χ2n) is 11.7. The number of nitrogens with zero attached hydrogens (tertiary/aromatic N) is 5. The van der Waals surface area contributed by atoms with E-state index in [1.165, 1.54) is 16.7 Å². The van der Waals surface area contributed by atoms with Gasteiger partial charge in [-0.15, -0.1) is 0 Å². The van der Waals surface area contributed by atoms with E-state index in [4.69, 9.17) is 4.74 Å². The molecule has 0 aromatic carbocycles. The largest absolute Gasteiger partial charge is 0.423 e. The highest BCUT2D eigenvalue weighted by molar-refractivity contribution is 6.05. The second kappa shape index (κ2) is 15.3. The zero-order chi connectivity index (χ0) is 34.4. The molecule has 2 amide bonds. The smallest absolute Gasteiger partial charge is 0.379 e. The number of halogens is 6. The molecule has 2 aromatic rings. The van der Waals surface area contributed by atoms with E-state index in [9.17, 15) is 40.7 Å². The Kier molecular flexibility index (Phi) is 11.7. The van der Waals surface area contributed by atoms with Crippen molar-refractivity contribution in [2.24, 2.45) is 0 Å². The summed E-state index contributed by atoms with van der Waals surface area (Å²) in [5.41, 5.74) is -4.11. The Morgan fingerprint density at radius 3 is 2.49 bits per heavy atom. The molecule has 17 heteroatoms.